The molecule has 1 amide bonds. The summed E-state index contributed by atoms with van der Waals surface area (Å²) in [6.45, 7) is 8.87. The summed E-state index contributed by atoms with van der Waals surface area (Å²) >= 11 is 0. The molecule has 0 atom stereocenters. The largest absolute Gasteiger partial charge is 0.444 e. The average Bonchev–Trinajstić information content (AvgIpc) is 3.40. The van der Waals surface area contributed by atoms with E-state index in [9.17, 15) is 19.1 Å². The molecule has 11 nitrogen and oxygen atoms in total. The Morgan fingerprint density at radius 1 is 1.14 bits per heavy atom. The van der Waals surface area contributed by atoms with Gasteiger partial charge in [0.05, 0.1) is 42.6 Å². The second-order valence-corrected chi connectivity index (χ2v) is 11.3. The maximum atomic E-state index is 13.9. The number of benzene rings is 1. The van der Waals surface area contributed by atoms with Gasteiger partial charge in [-0.1, -0.05) is 13.0 Å². The molecule has 12 heteroatoms. The van der Waals surface area contributed by atoms with E-state index >= 15 is 0 Å². The summed E-state index contributed by atoms with van der Waals surface area (Å²) in [4.78, 5) is 37.5. The zero-order chi connectivity index (χ0) is 31.9. The van der Waals surface area contributed by atoms with Crippen molar-refractivity contribution in [2.24, 2.45) is 0 Å². The van der Waals surface area contributed by atoms with Crippen molar-refractivity contribution < 1.29 is 28.6 Å². The first-order valence-electron chi connectivity index (χ1n) is 14.4. The number of hydrogen-bond donors (Lipinski definition) is 2. The van der Waals surface area contributed by atoms with Crippen LogP contribution < -0.4 is 10.2 Å². The zero-order valence-corrected chi connectivity index (χ0v) is 25.7. The van der Waals surface area contributed by atoms with E-state index in [-0.39, 0.29) is 13.3 Å². The molecule has 0 bridgehead atoms. The number of aldehydes is 1. The van der Waals surface area contributed by atoms with Gasteiger partial charge in [0.15, 0.2) is 6.29 Å². The summed E-state index contributed by atoms with van der Waals surface area (Å²) in [6.07, 6.45) is 5.89. The predicted molar refractivity (Wildman–Crippen MR) is 167 cm³/mol. The molecule has 1 aromatic carbocycles. The molecule has 44 heavy (non-hydrogen) atoms. The van der Waals surface area contributed by atoms with Crippen LogP contribution in [0.4, 0.5) is 26.4 Å². The van der Waals surface area contributed by atoms with Crippen LogP contribution in [0.2, 0.25) is 0 Å². The third kappa shape index (κ3) is 7.88. The van der Waals surface area contributed by atoms with Crippen molar-refractivity contribution in [1.82, 2.24) is 19.3 Å². The van der Waals surface area contributed by atoms with E-state index in [1.54, 1.807) is 67.8 Å². The van der Waals surface area contributed by atoms with Gasteiger partial charge in [-0.3, -0.25) is 9.20 Å². The lowest BCUT2D eigenvalue weighted by molar-refractivity contribution is 0.0284. The molecule has 3 aromatic heterocycles. The lowest BCUT2D eigenvalue weighted by atomic mass is 9.97. The number of halogens is 1. The molecule has 0 spiro atoms. The van der Waals surface area contributed by atoms with Gasteiger partial charge in [-0.25, -0.2) is 19.2 Å². The number of pyridine rings is 2. The summed E-state index contributed by atoms with van der Waals surface area (Å²) in [7, 11) is 1.59. The monoisotopic (exact) mass is 606 g/mol. The topological polar surface area (TPSA) is 122 Å². The van der Waals surface area contributed by atoms with Crippen molar-refractivity contribution in [3.8, 4) is 11.3 Å². The number of aliphatic hydroxyl groups excluding tert-OH is 1. The number of nitrogens with zero attached hydrogens (tertiary/aromatic N) is 5. The Bertz CT molecular complexity index is 1580. The first-order chi connectivity index (χ1) is 21.0. The van der Waals surface area contributed by atoms with Gasteiger partial charge in [-0.2, -0.15) is 0 Å². The van der Waals surface area contributed by atoms with Crippen LogP contribution in [0, 0.1) is 5.82 Å². The molecule has 0 saturated heterocycles. The lowest BCUT2D eigenvalue weighted by Crippen LogP contribution is -2.34. The molecule has 4 rings (SSSR count). The van der Waals surface area contributed by atoms with Gasteiger partial charge in [0.25, 0.3) is 0 Å². The Morgan fingerprint density at radius 2 is 1.93 bits per heavy atom. The summed E-state index contributed by atoms with van der Waals surface area (Å²) < 4.78 is 26.7. The number of amides is 1. The number of rotatable bonds is 13. The minimum Gasteiger partial charge on any atom is -0.444 e. The summed E-state index contributed by atoms with van der Waals surface area (Å²) in [5.41, 5.74) is 3.00. The molecule has 0 aliphatic carbocycles. The van der Waals surface area contributed by atoms with E-state index in [0.717, 1.165) is 12.7 Å². The minimum atomic E-state index is -0.706. The maximum Gasteiger partial charge on any atom is 0.410 e. The number of aliphatic hydroxyl groups is 1. The molecule has 0 saturated carbocycles. The Morgan fingerprint density at radius 3 is 2.59 bits per heavy atom. The van der Waals surface area contributed by atoms with Crippen LogP contribution in [0.15, 0.2) is 55.0 Å². The Kier molecular flexibility index (Phi) is 10.5. The molecule has 0 aliphatic rings. The summed E-state index contributed by atoms with van der Waals surface area (Å²) in [5.74, 6) is 0.0552. The van der Waals surface area contributed by atoms with Crippen LogP contribution in [0.1, 0.15) is 50.0 Å². The quantitative estimate of drug-likeness (QED) is 0.113. The SMILES string of the molecule is CCCOCCN(CO)c1ccc(Nc2ccc(-c3cnc4cc(F)ccn34)c(CN(C)C(=O)OC(C)(C)C)c2C=O)nc1. The first kappa shape index (κ1) is 32.4. The molecular formula is C32H39FN6O5. The van der Waals surface area contributed by atoms with E-state index in [0.29, 0.717) is 65.0 Å². The molecule has 0 fully saturated rings. The van der Waals surface area contributed by atoms with E-state index in [4.69, 9.17) is 9.47 Å². The highest BCUT2D eigenvalue weighted by molar-refractivity contribution is 5.92. The van der Waals surface area contributed by atoms with Gasteiger partial charge in [0.2, 0.25) is 0 Å². The number of aromatic nitrogens is 3. The number of carbonyl (C=O) groups excluding carboxylic acids is 2. The standard InChI is InChI=1S/C32H39FN6O5/c1-6-14-43-15-13-38(21-41)23-7-10-29(34-17-23)36-27-9-8-24(28-18-35-30-16-22(33)11-12-39(28)30)25(26(27)20-40)19-37(5)31(42)44-32(2,3)4/h7-12,16-18,20,41H,6,13-15,19,21H2,1-5H3,(H,34,36). The molecule has 4 aromatic rings. The molecule has 2 N–H and O–H groups in total. The number of ether oxygens (including phenoxy) is 2. The highest BCUT2D eigenvalue weighted by Crippen LogP contribution is 2.33. The van der Waals surface area contributed by atoms with Crippen LogP contribution in [0.5, 0.6) is 0 Å². The number of anilines is 3. The third-order valence-electron chi connectivity index (χ3n) is 6.73. The molecule has 0 unspecified atom stereocenters. The lowest BCUT2D eigenvalue weighted by Gasteiger charge is -2.26. The smallest absolute Gasteiger partial charge is 0.410 e. The number of carbonyl (C=O) groups is 2. The van der Waals surface area contributed by atoms with Gasteiger partial charge < -0.3 is 29.7 Å². The molecule has 0 radical (unpaired) electrons. The fourth-order valence-corrected chi connectivity index (χ4v) is 4.60. The van der Waals surface area contributed by atoms with Crippen LogP contribution in [0.3, 0.4) is 0 Å². The number of hydrogen-bond acceptors (Lipinski definition) is 9. The van der Waals surface area contributed by atoms with Gasteiger partial charge in [0.1, 0.15) is 29.6 Å². The second kappa shape index (κ2) is 14.3. The molecular weight excluding hydrogens is 567 g/mol. The van der Waals surface area contributed by atoms with E-state index in [1.807, 2.05) is 19.1 Å². The summed E-state index contributed by atoms with van der Waals surface area (Å²) in [5, 5.41) is 13.0. The Hall–Kier alpha value is -4.55. The minimum absolute atomic E-state index is 0.0419. The van der Waals surface area contributed by atoms with Crippen LogP contribution in [-0.4, -0.2) is 75.9 Å². The van der Waals surface area contributed by atoms with Gasteiger partial charge in [0, 0.05) is 43.6 Å². The average molecular weight is 607 g/mol. The second-order valence-electron chi connectivity index (χ2n) is 11.3. The van der Waals surface area contributed by atoms with Crippen molar-refractivity contribution in [2.75, 3.05) is 43.8 Å². The van der Waals surface area contributed by atoms with Crippen molar-refractivity contribution in [3.05, 3.63) is 71.9 Å². The predicted octanol–water partition coefficient (Wildman–Crippen LogP) is 5.64. The van der Waals surface area contributed by atoms with Crippen LogP contribution in [0.25, 0.3) is 16.9 Å². The van der Waals surface area contributed by atoms with Crippen molar-refractivity contribution >= 4 is 35.2 Å². The van der Waals surface area contributed by atoms with Crippen LogP contribution in [-0.2, 0) is 16.0 Å². The number of imidazole rings is 1. The Labute approximate surface area is 256 Å². The normalized spacial score (nSPS) is 11.4. The van der Waals surface area contributed by atoms with E-state index in [2.05, 4.69) is 15.3 Å². The van der Waals surface area contributed by atoms with Crippen molar-refractivity contribution in [1.29, 1.82) is 0 Å². The molecule has 3 heterocycles. The van der Waals surface area contributed by atoms with Gasteiger partial charge in [-0.05, 0) is 57.0 Å². The number of nitrogens with one attached hydrogen (secondary N) is 1. The zero-order valence-electron chi connectivity index (χ0n) is 25.7. The highest BCUT2D eigenvalue weighted by atomic mass is 19.1. The third-order valence-corrected chi connectivity index (χ3v) is 6.73. The van der Waals surface area contributed by atoms with Crippen molar-refractivity contribution in [2.45, 2.75) is 46.3 Å². The van der Waals surface area contributed by atoms with Gasteiger partial charge >= 0.3 is 6.09 Å². The van der Waals surface area contributed by atoms with Crippen molar-refractivity contribution in [3.63, 3.8) is 0 Å². The first-order valence-corrected chi connectivity index (χ1v) is 14.4. The molecule has 234 valence electrons. The highest BCUT2D eigenvalue weighted by Gasteiger charge is 2.24. The number of fused-ring (bicyclic) bond motifs is 1. The van der Waals surface area contributed by atoms with E-state index < -0.39 is 17.5 Å². The fourth-order valence-electron chi connectivity index (χ4n) is 4.60. The van der Waals surface area contributed by atoms with E-state index in [1.165, 1.54) is 17.0 Å². The van der Waals surface area contributed by atoms with Crippen LogP contribution >= 0.6 is 0 Å². The Balaban J connectivity index is 1.69. The summed E-state index contributed by atoms with van der Waals surface area (Å²) in [6, 6.07) is 9.77. The fraction of sp³-hybridized carbons (Fsp3) is 0.375. The maximum absolute atomic E-state index is 13.9. The van der Waals surface area contributed by atoms with Gasteiger partial charge in [-0.15, -0.1) is 0 Å². The molecule has 0 aliphatic heterocycles.